The first kappa shape index (κ1) is 14.8. The van der Waals surface area contributed by atoms with Crippen LogP contribution < -0.4 is 0 Å². The molecule has 0 bridgehead atoms. The van der Waals surface area contributed by atoms with Crippen LogP contribution in [0.5, 0.6) is 0 Å². The van der Waals surface area contributed by atoms with Crippen LogP contribution in [0.25, 0.3) is 0 Å². The molecule has 1 heterocycles. The zero-order chi connectivity index (χ0) is 14.4. The molecule has 1 saturated heterocycles. The van der Waals surface area contributed by atoms with Gasteiger partial charge in [0.1, 0.15) is 5.82 Å². The summed E-state index contributed by atoms with van der Waals surface area (Å²) >= 11 is 0. The molecular formula is C16H22FNO2. The van der Waals surface area contributed by atoms with E-state index in [0.29, 0.717) is 19.1 Å². The van der Waals surface area contributed by atoms with Gasteiger partial charge in [-0.15, -0.1) is 0 Å². The van der Waals surface area contributed by atoms with Gasteiger partial charge in [0.05, 0.1) is 6.61 Å². The summed E-state index contributed by atoms with van der Waals surface area (Å²) in [6.45, 7) is 4.02. The standard InChI is InChI=1S/C16H22FNO2/c1-2-3-9-20-16(19)18-8-7-14(12-18)10-13-5-4-6-15(17)11-13/h4-6,11,14H,2-3,7-10,12H2,1H3. The van der Waals surface area contributed by atoms with E-state index < -0.39 is 0 Å². The maximum absolute atomic E-state index is 13.1. The largest absolute Gasteiger partial charge is 0.449 e. The third-order valence-corrected chi connectivity index (χ3v) is 3.68. The van der Waals surface area contributed by atoms with Gasteiger partial charge in [-0.3, -0.25) is 0 Å². The topological polar surface area (TPSA) is 29.5 Å². The summed E-state index contributed by atoms with van der Waals surface area (Å²) in [5.74, 6) is 0.201. The van der Waals surface area contributed by atoms with Crippen molar-refractivity contribution in [2.45, 2.75) is 32.6 Å². The predicted octanol–water partition coefficient (Wildman–Crippen LogP) is 3.63. The maximum atomic E-state index is 13.1. The number of carbonyl (C=O) groups is 1. The Morgan fingerprint density at radius 1 is 1.50 bits per heavy atom. The van der Waals surface area contributed by atoms with Crippen LogP contribution >= 0.6 is 0 Å². The van der Waals surface area contributed by atoms with E-state index in [2.05, 4.69) is 6.92 Å². The van der Waals surface area contributed by atoms with Crippen LogP contribution in [-0.2, 0) is 11.2 Å². The van der Waals surface area contributed by atoms with Crippen LogP contribution in [0.2, 0.25) is 0 Å². The zero-order valence-electron chi connectivity index (χ0n) is 12.0. The first-order chi connectivity index (χ1) is 9.69. The second kappa shape index (κ2) is 7.27. The van der Waals surface area contributed by atoms with Crippen LogP contribution in [0.4, 0.5) is 9.18 Å². The molecule has 1 aliphatic heterocycles. The second-order valence-corrected chi connectivity index (χ2v) is 5.40. The number of benzene rings is 1. The fourth-order valence-corrected chi connectivity index (χ4v) is 2.56. The van der Waals surface area contributed by atoms with Crippen LogP contribution in [0.3, 0.4) is 0 Å². The molecule has 0 saturated carbocycles. The van der Waals surface area contributed by atoms with Crippen LogP contribution in [-0.4, -0.2) is 30.7 Å². The Labute approximate surface area is 119 Å². The van der Waals surface area contributed by atoms with E-state index in [-0.39, 0.29) is 11.9 Å². The van der Waals surface area contributed by atoms with E-state index in [1.54, 1.807) is 17.0 Å². The Hall–Kier alpha value is -1.58. The molecule has 2 rings (SSSR count). The van der Waals surface area contributed by atoms with Gasteiger partial charge in [-0.25, -0.2) is 9.18 Å². The van der Waals surface area contributed by atoms with Crippen molar-refractivity contribution in [2.75, 3.05) is 19.7 Å². The van der Waals surface area contributed by atoms with Crippen LogP contribution in [0.1, 0.15) is 31.7 Å². The van der Waals surface area contributed by atoms with Crippen molar-refractivity contribution < 1.29 is 13.9 Å². The van der Waals surface area contributed by atoms with Gasteiger partial charge < -0.3 is 9.64 Å². The third-order valence-electron chi connectivity index (χ3n) is 3.68. The Morgan fingerprint density at radius 3 is 3.10 bits per heavy atom. The molecule has 1 unspecified atom stereocenters. The highest BCUT2D eigenvalue weighted by Gasteiger charge is 2.27. The summed E-state index contributed by atoms with van der Waals surface area (Å²) in [6, 6.07) is 6.69. The molecule has 20 heavy (non-hydrogen) atoms. The molecule has 0 N–H and O–H groups in total. The number of ether oxygens (including phenoxy) is 1. The lowest BCUT2D eigenvalue weighted by molar-refractivity contribution is 0.108. The summed E-state index contributed by atoms with van der Waals surface area (Å²) in [4.78, 5) is 13.6. The van der Waals surface area contributed by atoms with Crippen molar-refractivity contribution in [3.8, 4) is 0 Å². The smallest absolute Gasteiger partial charge is 0.409 e. The fraction of sp³-hybridized carbons (Fsp3) is 0.562. The summed E-state index contributed by atoms with van der Waals surface area (Å²) < 4.78 is 18.3. The molecule has 1 amide bonds. The average molecular weight is 279 g/mol. The minimum atomic E-state index is -0.208. The number of amides is 1. The molecule has 4 heteroatoms. The van der Waals surface area contributed by atoms with E-state index in [0.717, 1.165) is 37.8 Å². The van der Waals surface area contributed by atoms with Crippen LogP contribution in [0.15, 0.2) is 24.3 Å². The molecule has 3 nitrogen and oxygen atoms in total. The highest BCUT2D eigenvalue weighted by molar-refractivity contribution is 5.67. The number of hydrogen-bond donors (Lipinski definition) is 0. The van der Waals surface area contributed by atoms with Crippen molar-refractivity contribution >= 4 is 6.09 Å². The van der Waals surface area contributed by atoms with E-state index in [1.807, 2.05) is 6.07 Å². The van der Waals surface area contributed by atoms with Gasteiger partial charge in [-0.1, -0.05) is 25.5 Å². The zero-order valence-corrected chi connectivity index (χ0v) is 12.0. The van der Waals surface area contributed by atoms with Gasteiger partial charge in [0.2, 0.25) is 0 Å². The molecule has 1 aromatic rings. The van der Waals surface area contributed by atoms with Crippen molar-refractivity contribution in [2.24, 2.45) is 5.92 Å². The molecule has 1 fully saturated rings. The number of nitrogens with zero attached hydrogens (tertiary/aromatic N) is 1. The summed E-state index contributed by atoms with van der Waals surface area (Å²) in [5.41, 5.74) is 0.996. The predicted molar refractivity (Wildman–Crippen MR) is 76.0 cm³/mol. The first-order valence-electron chi connectivity index (χ1n) is 7.35. The van der Waals surface area contributed by atoms with Crippen molar-refractivity contribution in [3.63, 3.8) is 0 Å². The monoisotopic (exact) mass is 279 g/mol. The average Bonchev–Trinajstić information content (AvgIpc) is 2.87. The Kier molecular flexibility index (Phi) is 5.39. The quantitative estimate of drug-likeness (QED) is 0.770. The van der Waals surface area contributed by atoms with Crippen molar-refractivity contribution in [1.29, 1.82) is 0 Å². The Morgan fingerprint density at radius 2 is 2.35 bits per heavy atom. The van der Waals surface area contributed by atoms with E-state index in [1.165, 1.54) is 6.07 Å². The molecule has 110 valence electrons. The summed E-state index contributed by atoms with van der Waals surface area (Å²) in [5, 5.41) is 0. The SMILES string of the molecule is CCCCOC(=O)N1CCC(Cc2cccc(F)c2)C1. The van der Waals surface area contributed by atoms with Crippen molar-refractivity contribution in [1.82, 2.24) is 4.90 Å². The van der Waals surface area contributed by atoms with E-state index in [4.69, 9.17) is 4.74 Å². The molecule has 1 aliphatic rings. The van der Waals surface area contributed by atoms with Gasteiger partial charge in [-0.05, 0) is 42.9 Å². The number of halogens is 1. The maximum Gasteiger partial charge on any atom is 0.409 e. The van der Waals surface area contributed by atoms with Crippen molar-refractivity contribution in [3.05, 3.63) is 35.6 Å². The van der Waals surface area contributed by atoms with Gasteiger partial charge in [-0.2, -0.15) is 0 Å². The molecule has 0 spiro atoms. The lowest BCUT2D eigenvalue weighted by Crippen LogP contribution is -2.29. The lowest BCUT2D eigenvalue weighted by Gasteiger charge is -2.16. The molecule has 0 aromatic heterocycles. The van der Waals surface area contributed by atoms with Gasteiger partial charge in [0.25, 0.3) is 0 Å². The second-order valence-electron chi connectivity index (χ2n) is 5.40. The normalized spacial score (nSPS) is 18.3. The van der Waals surface area contributed by atoms with Gasteiger partial charge >= 0.3 is 6.09 Å². The Balaban J connectivity index is 1.78. The third kappa shape index (κ3) is 4.22. The molecule has 0 aliphatic carbocycles. The lowest BCUT2D eigenvalue weighted by atomic mass is 9.99. The Bertz CT molecular complexity index is 450. The number of likely N-dealkylation sites (tertiary alicyclic amines) is 1. The molecule has 1 atom stereocenters. The number of rotatable bonds is 5. The molecule has 1 aromatic carbocycles. The summed E-state index contributed by atoms with van der Waals surface area (Å²) in [7, 11) is 0. The van der Waals surface area contributed by atoms with Crippen LogP contribution in [0, 0.1) is 11.7 Å². The minimum Gasteiger partial charge on any atom is -0.449 e. The number of hydrogen-bond acceptors (Lipinski definition) is 2. The van der Waals surface area contributed by atoms with Gasteiger partial charge in [0.15, 0.2) is 0 Å². The van der Waals surface area contributed by atoms with E-state index in [9.17, 15) is 9.18 Å². The first-order valence-corrected chi connectivity index (χ1v) is 7.35. The van der Waals surface area contributed by atoms with Gasteiger partial charge in [0, 0.05) is 13.1 Å². The number of unbranched alkanes of at least 4 members (excludes halogenated alkanes) is 1. The fourth-order valence-electron chi connectivity index (χ4n) is 2.56. The highest BCUT2D eigenvalue weighted by atomic mass is 19.1. The minimum absolute atomic E-state index is 0.198. The highest BCUT2D eigenvalue weighted by Crippen LogP contribution is 2.21. The molecule has 0 radical (unpaired) electrons. The number of carbonyl (C=O) groups excluding carboxylic acids is 1. The summed E-state index contributed by atoms with van der Waals surface area (Å²) in [6.07, 6.45) is 3.50. The molecular weight excluding hydrogens is 257 g/mol. The van der Waals surface area contributed by atoms with E-state index >= 15 is 0 Å².